The SMILES string of the molecule is CC(=O)Nc1ccc(NC(C)c2sccc2C)cc1C. The Morgan fingerprint density at radius 3 is 2.50 bits per heavy atom. The van der Waals surface area contributed by atoms with Crippen molar-refractivity contribution in [1.82, 2.24) is 0 Å². The van der Waals surface area contributed by atoms with Crippen LogP contribution in [0.2, 0.25) is 0 Å². The molecule has 0 fully saturated rings. The molecular weight excluding hydrogens is 268 g/mol. The Morgan fingerprint density at radius 2 is 1.95 bits per heavy atom. The van der Waals surface area contributed by atoms with Gasteiger partial charge in [0.05, 0.1) is 6.04 Å². The molecule has 1 unspecified atom stereocenters. The van der Waals surface area contributed by atoms with Crippen LogP contribution >= 0.6 is 11.3 Å². The highest BCUT2D eigenvalue weighted by Crippen LogP contribution is 2.28. The maximum atomic E-state index is 11.1. The Balaban J connectivity index is 2.12. The lowest BCUT2D eigenvalue weighted by Crippen LogP contribution is -2.09. The average Bonchev–Trinajstić information content (AvgIpc) is 2.78. The fourth-order valence-corrected chi connectivity index (χ4v) is 3.16. The number of hydrogen-bond acceptors (Lipinski definition) is 3. The van der Waals surface area contributed by atoms with E-state index in [1.165, 1.54) is 17.4 Å². The molecule has 106 valence electrons. The van der Waals surface area contributed by atoms with E-state index in [-0.39, 0.29) is 11.9 Å². The topological polar surface area (TPSA) is 41.1 Å². The van der Waals surface area contributed by atoms with Gasteiger partial charge in [0.25, 0.3) is 0 Å². The van der Waals surface area contributed by atoms with E-state index in [1.807, 2.05) is 19.1 Å². The molecule has 0 aliphatic rings. The van der Waals surface area contributed by atoms with Gasteiger partial charge in [0.15, 0.2) is 0 Å². The highest BCUT2D eigenvalue weighted by Gasteiger charge is 2.10. The smallest absolute Gasteiger partial charge is 0.221 e. The van der Waals surface area contributed by atoms with Gasteiger partial charge in [-0.1, -0.05) is 0 Å². The number of anilines is 2. The summed E-state index contributed by atoms with van der Waals surface area (Å²) in [5, 5.41) is 8.45. The second-order valence-electron chi connectivity index (χ2n) is 5.04. The summed E-state index contributed by atoms with van der Waals surface area (Å²) < 4.78 is 0. The second kappa shape index (κ2) is 6.09. The van der Waals surface area contributed by atoms with Gasteiger partial charge in [-0.05, 0) is 61.5 Å². The average molecular weight is 288 g/mol. The van der Waals surface area contributed by atoms with E-state index in [0.717, 1.165) is 16.9 Å². The van der Waals surface area contributed by atoms with E-state index in [4.69, 9.17) is 0 Å². The van der Waals surface area contributed by atoms with Gasteiger partial charge in [-0.25, -0.2) is 0 Å². The predicted octanol–water partition coefficient (Wildman–Crippen LogP) is 4.50. The normalized spacial score (nSPS) is 12.0. The highest BCUT2D eigenvalue weighted by atomic mass is 32.1. The lowest BCUT2D eigenvalue weighted by molar-refractivity contribution is -0.114. The van der Waals surface area contributed by atoms with Gasteiger partial charge in [0.1, 0.15) is 0 Å². The minimum absolute atomic E-state index is 0.0450. The molecule has 4 heteroatoms. The lowest BCUT2D eigenvalue weighted by atomic mass is 10.1. The first-order valence-electron chi connectivity index (χ1n) is 6.66. The fourth-order valence-electron chi connectivity index (χ4n) is 2.23. The van der Waals surface area contributed by atoms with Crippen molar-refractivity contribution in [3.63, 3.8) is 0 Å². The van der Waals surface area contributed by atoms with E-state index in [0.29, 0.717) is 0 Å². The number of rotatable bonds is 4. The Kier molecular flexibility index (Phi) is 4.45. The van der Waals surface area contributed by atoms with E-state index < -0.39 is 0 Å². The van der Waals surface area contributed by atoms with Crippen LogP contribution < -0.4 is 10.6 Å². The molecular formula is C16H20N2OS. The van der Waals surface area contributed by atoms with Crippen LogP contribution in [0.25, 0.3) is 0 Å². The van der Waals surface area contributed by atoms with Crippen molar-refractivity contribution in [3.05, 3.63) is 45.6 Å². The van der Waals surface area contributed by atoms with Gasteiger partial charge < -0.3 is 10.6 Å². The summed E-state index contributed by atoms with van der Waals surface area (Å²) in [7, 11) is 0. The van der Waals surface area contributed by atoms with Crippen molar-refractivity contribution in [2.24, 2.45) is 0 Å². The summed E-state index contributed by atoms with van der Waals surface area (Å²) in [4.78, 5) is 12.5. The minimum atomic E-state index is -0.0450. The third-order valence-corrected chi connectivity index (χ3v) is 4.42. The maximum absolute atomic E-state index is 11.1. The summed E-state index contributed by atoms with van der Waals surface area (Å²) in [6.45, 7) is 7.82. The molecule has 0 saturated carbocycles. The first-order valence-corrected chi connectivity index (χ1v) is 7.54. The molecule has 0 saturated heterocycles. The van der Waals surface area contributed by atoms with Crippen LogP contribution in [-0.2, 0) is 4.79 Å². The molecule has 2 N–H and O–H groups in total. The van der Waals surface area contributed by atoms with Gasteiger partial charge in [-0.3, -0.25) is 4.79 Å². The molecule has 3 nitrogen and oxygen atoms in total. The van der Waals surface area contributed by atoms with Crippen LogP contribution in [0.5, 0.6) is 0 Å². The summed E-state index contributed by atoms with van der Waals surface area (Å²) >= 11 is 1.77. The first kappa shape index (κ1) is 14.6. The van der Waals surface area contributed by atoms with E-state index in [2.05, 4.69) is 42.0 Å². The van der Waals surface area contributed by atoms with Gasteiger partial charge >= 0.3 is 0 Å². The summed E-state index contributed by atoms with van der Waals surface area (Å²) in [6.07, 6.45) is 0. The molecule has 1 atom stereocenters. The van der Waals surface area contributed by atoms with Crippen LogP contribution in [-0.4, -0.2) is 5.91 Å². The van der Waals surface area contributed by atoms with Crippen LogP contribution in [0, 0.1) is 13.8 Å². The molecule has 0 bridgehead atoms. The van der Waals surface area contributed by atoms with Crippen molar-refractivity contribution in [1.29, 1.82) is 0 Å². The number of nitrogens with one attached hydrogen (secondary N) is 2. The third-order valence-electron chi connectivity index (χ3n) is 3.22. The number of hydrogen-bond donors (Lipinski definition) is 2. The summed E-state index contributed by atoms with van der Waals surface area (Å²) in [5.41, 5.74) is 4.31. The monoisotopic (exact) mass is 288 g/mol. The van der Waals surface area contributed by atoms with Crippen LogP contribution in [0.4, 0.5) is 11.4 Å². The van der Waals surface area contributed by atoms with E-state index in [9.17, 15) is 4.79 Å². The first-order chi connectivity index (χ1) is 9.47. The van der Waals surface area contributed by atoms with Gasteiger partial charge in [0, 0.05) is 23.2 Å². The zero-order valence-electron chi connectivity index (χ0n) is 12.3. The summed E-state index contributed by atoms with van der Waals surface area (Å²) in [6, 6.07) is 8.42. The number of carbonyl (C=O) groups excluding carboxylic acids is 1. The van der Waals surface area contributed by atoms with Crippen LogP contribution in [0.3, 0.4) is 0 Å². The van der Waals surface area contributed by atoms with E-state index in [1.54, 1.807) is 11.3 Å². The Hall–Kier alpha value is -1.81. The third kappa shape index (κ3) is 3.39. The number of carbonyl (C=O) groups is 1. The number of benzene rings is 1. The molecule has 2 aromatic rings. The largest absolute Gasteiger partial charge is 0.378 e. The van der Waals surface area contributed by atoms with Crippen molar-refractivity contribution in [2.45, 2.75) is 33.7 Å². The minimum Gasteiger partial charge on any atom is -0.378 e. The highest BCUT2D eigenvalue weighted by molar-refractivity contribution is 7.10. The molecule has 1 amide bonds. The second-order valence-corrected chi connectivity index (χ2v) is 5.99. The fraction of sp³-hybridized carbons (Fsp3) is 0.312. The molecule has 0 aliphatic carbocycles. The maximum Gasteiger partial charge on any atom is 0.221 e. The van der Waals surface area contributed by atoms with Crippen molar-refractivity contribution in [3.8, 4) is 0 Å². The van der Waals surface area contributed by atoms with Gasteiger partial charge in [0.2, 0.25) is 5.91 Å². The number of amides is 1. The summed E-state index contributed by atoms with van der Waals surface area (Å²) in [5.74, 6) is -0.0450. The standard InChI is InChI=1S/C16H20N2OS/c1-10-7-8-20-16(10)12(3)17-14-5-6-15(11(2)9-14)18-13(4)19/h5-9,12,17H,1-4H3,(H,18,19). The molecule has 20 heavy (non-hydrogen) atoms. The van der Waals surface area contributed by atoms with E-state index >= 15 is 0 Å². The molecule has 1 aromatic heterocycles. The Bertz CT molecular complexity index is 619. The van der Waals surface area contributed by atoms with Gasteiger partial charge in [-0.2, -0.15) is 0 Å². The zero-order valence-corrected chi connectivity index (χ0v) is 13.1. The number of aryl methyl sites for hydroxylation is 2. The van der Waals surface area contributed by atoms with Gasteiger partial charge in [-0.15, -0.1) is 11.3 Å². The quantitative estimate of drug-likeness (QED) is 0.870. The molecule has 0 aliphatic heterocycles. The molecule has 1 aromatic carbocycles. The molecule has 0 radical (unpaired) electrons. The van der Waals surface area contributed by atoms with Crippen LogP contribution in [0.1, 0.15) is 35.9 Å². The molecule has 0 spiro atoms. The van der Waals surface area contributed by atoms with Crippen molar-refractivity contribution >= 4 is 28.6 Å². The molecule has 2 rings (SSSR count). The Morgan fingerprint density at radius 1 is 1.20 bits per heavy atom. The predicted molar refractivity (Wildman–Crippen MR) is 86.6 cm³/mol. The number of thiophene rings is 1. The zero-order chi connectivity index (χ0) is 14.7. The Labute approximate surface area is 124 Å². The van der Waals surface area contributed by atoms with Crippen molar-refractivity contribution < 1.29 is 4.79 Å². The lowest BCUT2D eigenvalue weighted by Gasteiger charge is -2.16. The molecule has 1 heterocycles. The van der Waals surface area contributed by atoms with Crippen molar-refractivity contribution in [2.75, 3.05) is 10.6 Å². The van der Waals surface area contributed by atoms with Crippen LogP contribution in [0.15, 0.2) is 29.6 Å².